The average Bonchev–Trinajstić information content (AvgIpc) is 3.09. The van der Waals surface area contributed by atoms with E-state index in [9.17, 15) is 19.7 Å². The van der Waals surface area contributed by atoms with Gasteiger partial charge in [0.15, 0.2) is 4.80 Å². The molecule has 0 aliphatic carbocycles. The summed E-state index contributed by atoms with van der Waals surface area (Å²) in [6, 6.07) is 11.8. The number of ether oxygens (including phenoxy) is 1. The van der Waals surface area contributed by atoms with Crippen LogP contribution in [0.1, 0.15) is 42.1 Å². The lowest BCUT2D eigenvalue weighted by molar-refractivity contribution is -0.385. The van der Waals surface area contributed by atoms with Crippen molar-refractivity contribution in [3.8, 4) is 0 Å². The van der Waals surface area contributed by atoms with Gasteiger partial charge in [0.1, 0.15) is 0 Å². The van der Waals surface area contributed by atoms with Crippen LogP contribution in [0, 0.1) is 24.0 Å². The van der Waals surface area contributed by atoms with Crippen LogP contribution in [-0.2, 0) is 9.53 Å². The number of aromatic nitrogens is 1. The van der Waals surface area contributed by atoms with Crippen molar-refractivity contribution in [1.82, 2.24) is 4.57 Å². The van der Waals surface area contributed by atoms with Crippen LogP contribution in [-0.4, -0.2) is 22.1 Å². The van der Waals surface area contributed by atoms with Crippen molar-refractivity contribution in [2.24, 2.45) is 4.99 Å². The molecule has 1 atom stereocenters. The fourth-order valence-electron chi connectivity index (χ4n) is 3.92. The normalized spacial score (nSPS) is 15.6. The Balaban J connectivity index is 1.94. The Bertz CT molecular complexity index is 1510. The molecule has 2 heterocycles. The highest BCUT2D eigenvalue weighted by Crippen LogP contribution is 2.30. The molecule has 3 aromatic rings. The third kappa shape index (κ3) is 4.22. The molecule has 0 amide bonds. The lowest BCUT2D eigenvalue weighted by Crippen LogP contribution is -2.39. The van der Waals surface area contributed by atoms with Crippen LogP contribution in [0.2, 0.25) is 0 Å². The number of rotatable bonds is 5. The first-order valence-electron chi connectivity index (χ1n) is 10.7. The molecule has 0 N–H and O–H groups in total. The molecule has 1 aliphatic rings. The van der Waals surface area contributed by atoms with Crippen molar-refractivity contribution in [3.63, 3.8) is 0 Å². The van der Waals surface area contributed by atoms with E-state index < -0.39 is 16.9 Å². The van der Waals surface area contributed by atoms with Crippen molar-refractivity contribution in [2.75, 3.05) is 6.61 Å². The van der Waals surface area contributed by atoms with Gasteiger partial charge in [-0.3, -0.25) is 19.5 Å². The molecule has 0 saturated heterocycles. The zero-order valence-corrected chi connectivity index (χ0v) is 20.0. The molecule has 1 aliphatic heterocycles. The Morgan fingerprint density at radius 2 is 1.91 bits per heavy atom. The number of hydrogen-bond acceptors (Lipinski definition) is 7. The molecule has 0 radical (unpaired) electrons. The second kappa shape index (κ2) is 9.18. The van der Waals surface area contributed by atoms with E-state index in [1.165, 1.54) is 22.0 Å². The smallest absolute Gasteiger partial charge is 0.338 e. The first kappa shape index (κ1) is 23.3. The summed E-state index contributed by atoms with van der Waals surface area (Å²) in [6.07, 6.45) is 1.62. The number of aryl methyl sites for hydroxylation is 2. The summed E-state index contributed by atoms with van der Waals surface area (Å²) < 4.78 is 7.16. The molecule has 0 fully saturated rings. The van der Waals surface area contributed by atoms with Gasteiger partial charge in [-0.15, -0.1) is 0 Å². The lowest BCUT2D eigenvalue weighted by atomic mass is 9.95. The van der Waals surface area contributed by atoms with E-state index in [4.69, 9.17) is 4.74 Å². The summed E-state index contributed by atoms with van der Waals surface area (Å²) in [5, 5.41) is 11.3. The fraction of sp³-hybridized carbons (Fsp3) is 0.240. The molecule has 1 aromatic heterocycles. The van der Waals surface area contributed by atoms with Gasteiger partial charge in [-0.25, -0.2) is 9.79 Å². The molecule has 2 aromatic carbocycles. The molecule has 0 spiro atoms. The number of carbonyl (C=O) groups excluding carboxylic acids is 1. The van der Waals surface area contributed by atoms with Gasteiger partial charge < -0.3 is 4.74 Å². The van der Waals surface area contributed by atoms with E-state index in [0.29, 0.717) is 31.7 Å². The quantitative estimate of drug-likeness (QED) is 0.319. The number of nitro groups is 1. The van der Waals surface area contributed by atoms with Gasteiger partial charge in [0, 0.05) is 11.6 Å². The second-order valence-electron chi connectivity index (χ2n) is 8.02. The van der Waals surface area contributed by atoms with Crippen molar-refractivity contribution < 1.29 is 14.5 Å². The maximum Gasteiger partial charge on any atom is 0.338 e. The van der Waals surface area contributed by atoms with Gasteiger partial charge in [-0.2, -0.15) is 0 Å². The maximum atomic E-state index is 13.6. The van der Waals surface area contributed by atoms with Gasteiger partial charge in [0.2, 0.25) is 0 Å². The topological polar surface area (TPSA) is 104 Å². The Kier molecular flexibility index (Phi) is 6.30. The first-order valence-corrected chi connectivity index (χ1v) is 11.5. The number of thiazole rings is 1. The van der Waals surface area contributed by atoms with Gasteiger partial charge in [0.25, 0.3) is 11.2 Å². The third-order valence-corrected chi connectivity index (χ3v) is 6.62. The molecule has 34 heavy (non-hydrogen) atoms. The van der Waals surface area contributed by atoms with Crippen LogP contribution in [0.15, 0.2) is 63.5 Å². The monoisotopic (exact) mass is 477 g/mol. The van der Waals surface area contributed by atoms with Crippen LogP contribution < -0.4 is 14.9 Å². The van der Waals surface area contributed by atoms with Crippen molar-refractivity contribution >= 4 is 29.1 Å². The highest BCUT2D eigenvalue weighted by atomic mass is 32.1. The molecule has 174 valence electrons. The Morgan fingerprint density at radius 3 is 2.56 bits per heavy atom. The van der Waals surface area contributed by atoms with Crippen LogP contribution in [0.25, 0.3) is 6.08 Å². The SMILES string of the molecule is CCOC(=O)C1=C(C)N=c2s/c(=C/c3ccc(C)c([N+](=O)[O-])c3)c(=O)n2[C@H]1c1ccc(C)cc1. The zero-order valence-electron chi connectivity index (χ0n) is 19.2. The zero-order chi connectivity index (χ0) is 24.6. The Hall–Kier alpha value is -3.85. The fourth-order valence-corrected chi connectivity index (χ4v) is 4.97. The number of nitrogens with zero attached hydrogens (tertiary/aromatic N) is 3. The van der Waals surface area contributed by atoms with E-state index in [0.717, 1.165) is 11.1 Å². The average molecular weight is 478 g/mol. The maximum absolute atomic E-state index is 13.6. The summed E-state index contributed by atoms with van der Waals surface area (Å²) in [5.74, 6) is -0.516. The number of allylic oxidation sites excluding steroid dienone is 1. The van der Waals surface area contributed by atoms with E-state index in [1.54, 1.807) is 39.0 Å². The molecule has 9 heteroatoms. The minimum atomic E-state index is -0.689. The molecular formula is C25H23N3O5S. The molecule has 0 bridgehead atoms. The van der Waals surface area contributed by atoms with Gasteiger partial charge >= 0.3 is 5.97 Å². The first-order chi connectivity index (χ1) is 16.2. The second-order valence-corrected chi connectivity index (χ2v) is 9.03. The number of carbonyl (C=O) groups is 1. The molecule has 8 nitrogen and oxygen atoms in total. The van der Waals surface area contributed by atoms with Gasteiger partial charge in [-0.1, -0.05) is 53.3 Å². The molecule has 0 saturated carbocycles. The Morgan fingerprint density at radius 1 is 1.21 bits per heavy atom. The van der Waals surface area contributed by atoms with E-state index in [2.05, 4.69) is 4.99 Å². The van der Waals surface area contributed by atoms with E-state index >= 15 is 0 Å². The van der Waals surface area contributed by atoms with E-state index in [1.807, 2.05) is 31.2 Å². The van der Waals surface area contributed by atoms with Crippen LogP contribution in [0.4, 0.5) is 5.69 Å². The Labute approximate surface area is 199 Å². The third-order valence-electron chi connectivity index (χ3n) is 5.64. The highest BCUT2D eigenvalue weighted by molar-refractivity contribution is 7.07. The molecular weight excluding hydrogens is 454 g/mol. The number of fused-ring (bicyclic) bond motifs is 1. The predicted octanol–water partition coefficient (Wildman–Crippen LogP) is 3.32. The number of benzene rings is 2. The highest BCUT2D eigenvalue weighted by Gasteiger charge is 2.33. The number of nitro benzene ring substituents is 1. The lowest BCUT2D eigenvalue weighted by Gasteiger charge is -2.24. The summed E-state index contributed by atoms with van der Waals surface area (Å²) in [5.41, 5.74) is 3.36. The number of esters is 1. The van der Waals surface area contributed by atoms with E-state index in [-0.39, 0.29) is 17.9 Å². The molecule has 0 unspecified atom stereocenters. The summed E-state index contributed by atoms with van der Waals surface area (Å²) >= 11 is 1.18. The molecule has 4 rings (SSSR count). The minimum Gasteiger partial charge on any atom is -0.463 e. The predicted molar refractivity (Wildman–Crippen MR) is 129 cm³/mol. The largest absolute Gasteiger partial charge is 0.463 e. The van der Waals surface area contributed by atoms with Crippen molar-refractivity contribution in [2.45, 2.75) is 33.7 Å². The minimum absolute atomic E-state index is 0.0144. The van der Waals surface area contributed by atoms with Crippen LogP contribution in [0.5, 0.6) is 0 Å². The summed E-state index contributed by atoms with van der Waals surface area (Å²) in [6.45, 7) is 7.28. The summed E-state index contributed by atoms with van der Waals surface area (Å²) in [7, 11) is 0. The van der Waals surface area contributed by atoms with Gasteiger partial charge in [-0.05, 0) is 44.9 Å². The van der Waals surface area contributed by atoms with Gasteiger partial charge in [0.05, 0.1) is 33.4 Å². The number of hydrogen-bond donors (Lipinski definition) is 0. The van der Waals surface area contributed by atoms with Crippen molar-refractivity contribution in [1.29, 1.82) is 0 Å². The van der Waals surface area contributed by atoms with Crippen LogP contribution >= 0.6 is 11.3 Å². The standard InChI is InChI=1S/C25H23N3O5S/c1-5-33-24(30)21-16(4)26-25-27(22(21)18-10-6-14(2)7-11-18)23(29)20(34-25)13-17-9-8-15(3)19(12-17)28(31)32/h6-13,22H,5H2,1-4H3/b20-13+/t22-/m0/s1. The summed E-state index contributed by atoms with van der Waals surface area (Å²) in [4.78, 5) is 42.3. The van der Waals surface area contributed by atoms with Crippen molar-refractivity contribution in [3.05, 3.63) is 106 Å². The van der Waals surface area contributed by atoms with Crippen LogP contribution in [0.3, 0.4) is 0 Å².